The van der Waals surface area contributed by atoms with E-state index in [1.54, 1.807) is 11.3 Å². The molecule has 1 aromatic rings. The number of rotatable bonds is 4. The van der Waals surface area contributed by atoms with Crippen LogP contribution in [-0.4, -0.2) is 29.4 Å². The van der Waals surface area contributed by atoms with Gasteiger partial charge in [-0.05, 0) is 54.6 Å². The Morgan fingerprint density at radius 2 is 2.28 bits per heavy atom. The number of amides is 1. The van der Waals surface area contributed by atoms with Gasteiger partial charge in [0.25, 0.3) is 0 Å². The molecule has 98 valence electrons. The minimum atomic E-state index is 0.0676. The molecule has 1 saturated carbocycles. The smallest absolute Gasteiger partial charge is 0.240 e. The highest BCUT2D eigenvalue weighted by Crippen LogP contribution is 2.30. The molecule has 0 spiro atoms. The second-order valence-corrected chi connectivity index (χ2v) is 6.11. The van der Waals surface area contributed by atoms with Crippen LogP contribution in [0, 0.1) is 0 Å². The molecule has 2 heterocycles. The first-order chi connectivity index (χ1) is 8.84. The fourth-order valence-electron chi connectivity index (χ4n) is 2.62. The average Bonchev–Trinajstić information content (AvgIpc) is 3.13. The molecule has 3 rings (SSSR count). The Hall–Kier alpha value is -0.870. The molecule has 1 aliphatic carbocycles. The Bertz CT molecular complexity index is 394. The van der Waals surface area contributed by atoms with Crippen LogP contribution in [0.1, 0.15) is 37.7 Å². The summed E-state index contributed by atoms with van der Waals surface area (Å²) in [5, 5.41) is 7.61. The van der Waals surface area contributed by atoms with Crippen molar-refractivity contribution >= 4 is 17.2 Å². The number of nitrogens with one attached hydrogen (secondary N) is 1. The van der Waals surface area contributed by atoms with Gasteiger partial charge in [-0.25, -0.2) is 0 Å². The lowest BCUT2D eigenvalue weighted by molar-refractivity contribution is -0.135. The number of nitrogens with zero attached hydrogens (tertiary/aromatic N) is 1. The zero-order valence-corrected chi connectivity index (χ0v) is 11.4. The van der Waals surface area contributed by atoms with Crippen LogP contribution in [0.25, 0.3) is 0 Å². The van der Waals surface area contributed by atoms with Crippen molar-refractivity contribution in [1.82, 2.24) is 10.2 Å². The van der Waals surface area contributed by atoms with Gasteiger partial charge in [0.05, 0.1) is 6.04 Å². The summed E-state index contributed by atoms with van der Waals surface area (Å²) < 4.78 is 0. The molecule has 2 aliphatic rings. The number of hydrogen-bond acceptors (Lipinski definition) is 3. The molecule has 3 nitrogen and oxygen atoms in total. The van der Waals surface area contributed by atoms with Crippen LogP contribution in [-0.2, 0) is 11.3 Å². The van der Waals surface area contributed by atoms with Crippen molar-refractivity contribution < 1.29 is 4.79 Å². The summed E-state index contributed by atoms with van der Waals surface area (Å²) in [6.07, 6.45) is 5.76. The molecule has 1 aliphatic heterocycles. The van der Waals surface area contributed by atoms with Gasteiger partial charge in [-0.3, -0.25) is 4.79 Å². The van der Waals surface area contributed by atoms with Gasteiger partial charge in [0.15, 0.2) is 0 Å². The zero-order valence-electron chi connectivity index (χ0n) is 10.6. The SMILES string of the molecule is O=C(C1CCCCN1)N(Cc1ccsc1)C1CC1. The first-order valence-electron chi connectivity index (χ1n) is 6.89. The third kappa shape index (κ3) is 2.75. The minimum absolute atomic E-state index is 0.0676. The summed E-state index contributed by atoms with van der Waals surface area (Å²) in [7, 11) is 0. The minimum Gasteiger partial charge on any atom is -0.334 e. The molecule has 1 amide bonds. The van der Waals surface area contributed by atoms with Crippen molar-refractivity contribution in [2.45, 2.75) is 50.7 Å². The summed E-state index contributed by atoms with van der Waals surface area (Å²) in [5.41, 5.74) is 1.27. The van der Waals surface area contributed by atoms with Crippen LogP contribution in [0.3, 0.4) is 0 Å². The van der Waals surface area contributed by atoms with E-state index in [0.717, 1.165) is 19.5 Å². The normalized spacial score (nSPS) is 23.9. The van der Waals surface area contributed by atoms with Gasteiger partial charge in [0, 0.05) is 12.6 Å². The van der Waals surface area contributed by atoms with E-state index in [9.17, 15) is 4.79 Å². The predicted molar refractivity (Wildman–Crippen MR) is 73.5 cm³/mol. The van der Waals surface area contributed by atoms with Crippen molar-refractivity contribution in [3.63, 3.8) is 0 Å². The second kappa shape index (κ2) is 5.41. The molecule has 4 heteroatoms. The Morgan fingerprint density at radius 3 is 2.89 bits per heavy atom. The number of piperidine rings is 1. The summed E-state index contributed by atoms with van der Waals surface area (Å²) >= 11 is 1.71. The molecule has 1 atom stereocenters. The molecular weight excluding hydrogens is 244 g/mol. The van der Waals surface area contributed by atoms with Gasteiger partial charge in [0.2, 0.25) is 5.91 Å². The van der Waals surface area contributed by atoms with E-state index in [1.165, 1.54) is 31.2 Å². The van der Waals surface area contributed by atoms with E-state index in [1.807, 2.05) is 0 Å². The zero-order chi connectivity index (χ0) is 12.4. The molecule has 18 heavy (non-hydrogen) atoms. The van der Waals surface area contributed by atoms with E-state index in [2.05, 4.69) is 27.0 Å². The molecule has 1 N–H and O–H groups in total. The van der Waals surface area contributed by atoms with Crippen LogP contribution in [0.2, 0.25) is 0 Å². The quantitative estimate of drug-likeness (QED) is 0.905. The fraction of sp³-hybridized carbons (Fsp3) is 0.643. The number of carbonyl (C=O) groups is 1. The van der Waals surface area contributed by atoms with Gasteiger partial charge >= 0.3 is 0 Å². The summed E-state index contributed by atoms with van der Waals surface area (Å²) in [6, 6.07) is 2.70. The third-order valence-electron chi connectivity index (χ3n) is 3.81. The second-order valence-electron chi connectivity index (χ2n) is 5.33. The molecule has 0 aromatic carbocycles. The molecule has 0 bridgehead atoms. The van der Waals surface area contributed by atoms with Gasteiger partial charge in [-0.1, -0.05) is 6.42 Å². The number of hydrogen-bond donors (Lipinski definition) is 1. The monoisotopic (exact) mass is 264 g/mol. The summed E-state index contributed by atoms with van der Waals surface area (Å²) in [5.74, 6) is 0.323. The lowest BCUT2D eigenvalue weighted by atomic mass is 10.0. The van der Waals surface area contributed by atoms with Crippen molar-refractivity contribution in [2.24, 2.45) is 0 Å². The Balaban J connectivity index is 1.66. The molecule has 0 radical (unpaired) electrons. The van der Waals surface area contributed by atoms with Crippen molar-refractivity contribution in [3.8, 4) is 0 Å². The lowest BCUT2D eigenvalue weighted by Gasteiger charge is -2.30. The highest BCUT2D eigenvalue weighted by atomic mass is 32.1. The maximum atomic E-state index is 12.6. The van der Waals surface area contributed by atoms with Crippen LogP contribution >= 0.6 is 11.3 Å². The van der Waals surface area contributed by atoms with Gasteiger partial charge in [0.1, 0.15) is 0 Å². The maximum Gasteiger partial charge on any atom is 0.240 e. The maximum absolute atomic E-state index is 12.6. The molecule has 2 fully saturated rings. The Morgan fingerprint density at radius 1 is 1.39 bits per heavy atom. The van der Waals surface area contributed by atoms with Crippen LogP contribution in [0.15, 0.2) is 16.8 Å². The third-order valence-corrected chi connectivity index (χ3v) is 4.54. The van der Waals surface area contributed by atoms with E-state index >= 15 is 0 Å². The van der Waals surface area contributed by atoms with E-state index in [4.69, 9.17) is 0 Å². The molecule has 1 unspecified atom stereocenters. The Kier molecular flexibility index (Phi) is 3.66. The first-order valence-corrected chi connectivity index (χ1v) is 7.84. The van der Waals surface area contributed by atoms with Crippen LogP contribution in [0.4, 0.5) is 0 Å². The summed E-state index contributed by atoms with van der Waals surface area (Å²) in [6.45, 7) is 1.79. The molecular formula is C14H20N2OS. The lowest BCUT2D eigenvalue weighted by Crippen LogP contribution is -2.49. The van der Waals surface area contributed by atoms with Crippen molar-refractivity contribution in [2.75, 3.05) is 6.54 Å². The van der Waals surface area contributed by atoms with Crippen LogP contribution < -0.4 is 5.32 Å². The topological polar surface area (TPSA) is 32.3 Å². The number of carbonyl (C=O) groups excluding carboxylic acids is 1. The largest absolute Gasteiger partial charge is 0.334 e. The average molecular weight is 264 g/mol. The van der Waals surface area contributed by atoms with Crippen molar-refractivity contribution in [3.05, 3.63) is 22.4 Å². The van der Waals surface area contributed by atoms with E-state index < -0.39 is 0 Å². The highest BCUT2D eigenvalue weighted by Gasteiger charge is 2.36. The Labute approximate surface area is 112 Å². The first kappa shape index (κ1) is 12.2. The fourth-order valence-corrected chi connectivity index (χ4v) is 3.28. The molecule has 1 saturated heterocycles. The van der Waals surface area contributed by atoms with Gasteiger partial charge in [-0.15, -0.1) is 0 Å². The van der Waals surface area contributed by atoms with Crippen LogP contribution in [0.5, 0.6) is 0 Å². The molecule has 1 aromatic heterocycles. The number of thiophene rings is 1. The van der Waals surface area contributed by atoms with Gasteiger partial charge in [-0.2, -0.15) is 11.3 Å². The highest BCUT2D eigenvalue weighted by molar-refractivity contribution is 7.07. The standard InChI is InChI=1S/C14H20N2OS/c17-14(13-3-1-2-7-15-13)16(12-4-5-12)9-11-6-8-18-10-11/h6,8,10,12-13,15H,1-5,7,9H2. The predicted octanol–water partition coefficient (Wildman–Crippen LogP) is 2.38. The van der Waals surface area contributed by atoms with E-state index in [0.29, 0.717) is 11.9 Å². The van der Waals surface area contributed by atoms with Gasteiger partial charge < -0.3 is 10.2 Å². The summed E-state index contributed by atoms with van der Waals surface area (Å²) in [4.78, 5) is 14.7. The van der Waals surface area contributed by atoms with E-state index in [-0.39, 0.29) is 6.04 Å². The van der Waals surface area contributed by atoms with Crippen molar-refractivity contribution in [1.29, 1.82) is 0 Å².